The maximum Gasteiger partial charge on any atom is 0.407 e. The van der Waals surface area contributed by atoms with E-state index in [0.717, 1.165) is 86.8 Å². The van der Waals surface area contributed by atoms with Gasteiger partial charge < -0.3 is 40.3 Å². The van der Waals surface area contributed by atoms with Crippen LogP contribution in [0, 0.1) is 11.8 Å². The Balaban J connectivity index is 0.995. The van der Waals surface area contributed by atoms with E-state index in [1.54, 1.807) is 11.3 Å². The molecule has 2 aliphatic heterocycles. The zero-order valence-corrected chi connectivity index (χ0v) is 34.0. The van der Waals surface area contributed by atoms with Crippen LogP contribution < -0.4 is 16.0 Å². The van der Waals surface area contributed by atoms with Crippen LogP contribution in [0.3, 0.4) is 0 Å². The summed E-state index contributed by atoms with van der Waals surface area (Å²) in [5.74, 6) is 1.09. The minimum absolute atomic E-state index is 0.0126. The Labute approximate surface area is 335 Å². The third kappa shape index (κ3) is 8.31. The van der Waals surface area contributed by atoms with E-state index in [4.69, 9.17) is 19.7 Å². The smallest absolute Gasteiger partial charge is 0.407 e. The first-order valence-corrected chi connectivity index (χ1v) is 20.5. The van der Waals surface area contributed by atoms with Gasteiger partial charge in [0.15, 0.2) is 0 Å². The minimum Gasteiger partial charge on any atom is -0.453 e. The summed E-state index contributed by atoms with van der Waals surface area (Å²) in [6, 6.07) is 4.69. The number of benzene rings is 1. The molecule has 57 heavy (non-hydrogen) atoms. The molecule has 0 spiro atoms. The lowest BCUT2D eigenvalue weighted by Crippen LogP contribution is -2.51. The molecule has 5 atom stereocenters. The van der Waals surface area contributed by atoms with Gasteiger partial charge in [-0.15, -0.1) is 11.3 Å². The van der Waals surface area contributed by atoms with Crippen LogP contribution in [0.1, 0.15) is 93.3 Å². The number of nitrogens with zero attached hydrogens (tertiary/aromatic N) is 4. The lowest BCUT2D eigenvalue weighted by Gasteiger charge is -2.30. The first-order valence-electron chi connectivity index (χ1n) is 19.7. The number of thiophene rings is 1. The SMILES string of the molecule is COC(=O)NC(C(=O)NCCCCc1nc2c(ccc3cc(C4=NC5C=Cc6nc(C7CCCN7C(=O)C(NC(=O)OC)C(C)C)[nH]c6C5C=C4)sc32)[nH]1)C(C)C. The van der Waals surface area contributed by atoms with Crippen LogP contribution in [0.15, 0.2) is 41.4 Å². The monoisotopic (exact) mass is 797 g/mol. The number of aliphatic imine (C=N–C) groups is 1. The van der Waals surface area contributed by atoms with E-state index in [9.17, 15) is 19.2 Å². The van der Waals surface area contributed by atoms with Crippen molar-refractivity contribution < 1.29 is 28.7 Å². The molecule has 3 aromatic heterocycles. The molecule has 0 bridgehead atoms. The fourth-order valence-electron chi connectivity index (χ4n) is 7.83. The van der Waals surface area contributed by atoms with Gasteiger partial charge in [-0.25, -0.2) is 19.6 Å². The van der Waals surface area contributed by atoms with Crippen LogP contribution in [0.5, 0.6) is 0 Å². The number of nitrogens with one attached hydrogen (secondary N) is 5. The summed E-state index contributed by atoms with van der Waals surface area (Å²) in [5.41, 5.74) is 4.69. The van der Waals surface area contributed by atoms with Crippen molar-refractivity contribution in [1.82, 2.24) is 40.8 Å². The number of amides is 4. The number of aromatic nitrogens is 4. The molecule has 5 unspecified atom stereocenters. The summed E-state index contributed by atoms with van der Waals surface area (Å²) in [6.45, 7) is 8.66. The molecule has 1 aliphatic carbocycles. The van der Waals surface area contributed by atoms with Crippen molar-refractivity contribution in [2.24, 2.45) is 16.8 Å². The number of dihydropyridines is 1. The summed E-state index contributed by atoms with van der Waals surface area (Å²) in [4.78, 5) is 75.1. The van der Waals surface area contributed by atoms with Crippen LogP contribution in [-0.2, 0) is 25.5 Å². The average molecular weight is 798 g/mol. The molecule has 4 aromatic rings. The average Bonchev–Trinajstić information content (AvgIpc) is 4.02. The van der Waals surface area contributed by atoms with Gasteiger partial charge >= 0.3 is 12.2 Å². The third-order valence-corrected chi connectivity index (χ3v) is 12.1. The highest BCUT2D eigenvalue weighted by Crippen LogP contribution is 2.39. The Kier molecular flexibility index (Phi) is 11.8. The highest BCUT2D eigenvalue weighted by Gasteiger charge is 2.39. The van der Waals surface area contributed by atoms with E-state index >= 15 is 0 Å². The van der Waals surface area contributed by atoms with Crippen molar-refractivity contribution in [2.45, 2.75) is 89.9 Å². The molecular formula is C41H51N9O6S. The van der Waals surface area contributed by atoms with Gasteiger partial charge in [0, 0.05) is 25.4 Å². The number of alkyl carbamates (subject to hydrolysis) is 2. The van der Waals surface area contributed by atoms with Crippen LogP contribution in [0.25, 0.3) is 27.2 Å². The zero-order chi connectivity index (χ0) is 40.4. The van der Waals surface area contributed by atoms with E-state index in [2.05, 4.69) is 67.1 Å². The lowest BCUT2D eigenvalue weighted by atomic mass is 9.87. The van der Waals surface area contributed by atoms with Gasteiger partial charge in [0.25, 0.3) is 0 Å². The number of allylic oxidation sites excluding steroid dienone is 1. The van der Waals surface area contributed by atoms with Gasteiger partial charge in [-0.3, -0.25) is 14.6 Å². The second-order valence-electron chi connectivity index (χ2n) is 15.5. The molecule has 3 aliphatic rings. The van der Waals surface area contributed by atoms with E-state index < -0.39 is 24.3 Å². The largest absolute Gasteiger partial charge is 0.453 e. The van der Waals surface area contributed by atoms with Gasteiger partial charge in [-0.2, -0.15) is 0 Å². The van der Waals surface area contributed by atoms with E-state index in [-0.39, 0.29) is 41.7 Å². The van der Waals surface area contributed by atoms with Gasteiger partial charge in [-0.05, 0) is 67.2 Å². The first kappa shape index (κ1) is 39.7. The minimum atomic E-state index is -0.692. The number of hydrogen-bond donors (Lipinski definition) is 5. The second kappa shape index (κ2) is 16.9. The number of hydrogen-bond acceptors (Lipinski definition) is 10. The number of carbonyl (C=O) groups excluding carboxylic acids is 4. The number of fused-ring (bicyclic) bond motifs is 6. The predicted molar refractivity (Wildman–Crippen MR) is 219 cm³/mol. The number of methoxy groups -OCH3 is 2. The van der Waals surface area contributed by atoms with Crippen molar-refractivity contribution in [3.63, 3.8) is 0 Å². The molecule has 16 heteroatoms. The molecule has 15 nitrogen and oxygen atoms in total. The Morgan fingerprint density at radius 2 is 1.70 bits per heavy atom. The fourth-order valence-corrected chi connectivity index (χ4v) is 8.96. The number of carbonyl (C=O) groups is 4. The van der Waals surface area contributed by atoms with Crippen LogP contribution >= 0.6 is 11.3 Å². The Bertz CT molecular complexity index is 2250. The molecule has 4 amide bonds. The maximum absolute atomic E-state index is 13.7. The van der Waals surface area contributed by atoms with Gasteiger partial charge in [0.05, 0.1) is 58.5 Å². The highest BCUT2D eigenvalue weighted by molar-refractivity contribution is 7.22. The Morgan fingerprint density at radius 3 is 2.44 bits per heavy atom. The van der Waals surface area contributed by atoms with Crippen molar-refractivity contribution in [3.8, 4) is 0 Å². The zero-order valence-electron chi connectivity index (χ0n) is 33.2. The standard InChI is InChI=1S/C41H51N9O6S/c1-21(2)32(48-40(53)55-5)38(51)42-18-8-7-11-31-44-28-14-12-23-20-30(57-36(23)35(28)46-31)26-15-13-24-25(43-26)16-17-27-34(24)47-37(45-27)29-10-9-19-50(29)39(52)33(22(3)4)49-41(54)56-6/h12-17,20-22,24-25,29,32-33H,7-11,18-19H2,1-6H3,(H,42,51)(H,44,46)(H,45,47)(H,48,53)(H,49,54). The molecule has 0 radical (unpaired) electrons. The summed E-state index contributed by atoms with van der Waals surface area (Å²) < 4.78 is 10.5. The van der Waals surface area contributed by atoms with E-state index in [1.165, 1.54) is 14.2 Å². The normalized spacial score (nSPS) is 19.7. The number of likely N-dealkylation sites (tertiary alicyclic amines) is 1. The molecular weight excluding hydrogens is 747 g/mol. The quantitative estimate of drug-likeness (QED) is 0.103. The number of unbranched alkanes of at least 4 members (excludes halogenated alkanes) is 1. The van der Waals surface area contributed by atoms with Crippen molar-refractivity contribution in [1.29, 1.82) is 0 Å². The summed E-state index contributed by atoms with van der Waals surface area (Å²) in [5, 5.41) is 9.35. The third-order valence-electron chi connectivity index (χ3n) is 10.9. The van der Waals surface area contributed by atoms with Crippen LogP contribution in [0.4, 0.5) is 9.59 Å². The van der Waals surface area contributed by atoms with Crippen molar-refractivity contribution in [2.75, 3.05) is 27.3 Å². The number of H-pyrrole nitrogens is 2. The van der Waals surface area contributed by atoms with E-state index in [0.29, 0.717) is 13.1 Å². The molecule has 5 N–H and O–H groups in total. The van der Waals surface area contributed by atoms with Crippen molar-refractivity contribution >= 4 is 68.2 Å². The molecule has 1 aromatic carbocycles. The number of aryl methyl sites for hydroxylation is 1. The first-order chi connectivity index (χ1) is 27.4. The highest BCUT2D eigenvalue weighted by atomic mass is 32.1. The number of aromatic amines is 2. The summed E-state index contributed by atoms with van der Waals surface area (Å²) in [7, 11) is 2.57. The van der Waals surface area contributed by atoms with Gasteiger partial charge in [-0.1, -0.05) is 45.9 Å². The number of imidazole rings is 2. The van der Waals surface area contributed by atoms with Gasteiger partial charge in [0.1, 0.15) is 29.2 Å². The molecule has 1 saturated heterocycles. The topological polar surface area (TPSA) is 196 Å². The molecule has 5 heterocycles. The van der Waals surface area contributed by atoms with Crippen molar-refractivity contribution in [3.05, 3.63) is 64.3 Å². The molecule has 1 fully saturated rings. The number of rotatable bonds is 13. The molecule has 302 valence electrons. The summed E-state index contributed by atoms with van der Waals surface area (Å²) in [6.07, 6.45) is 11.1. The van der Waals surface area contributed by atoms with Crippen LogP contribution in [-0.4, -0.2) is 100.0 Å². The maximum atomic E-state index is 13.7. The fraction of sp³-hybridized carbons (Fsp3) is 0.488. The Hall–Kier alpha value is -5.51. The summed E-state index contributed by atoms with van der Waals surface area (Å²) >= 11 is 1.68. The molecule has 0 saturated carbocycles. The lowest BCUT2D eigenvalue weighted by molar-refractivity contribution is -0.135. The Morgan fingerprint density at radius 1 is 0.947 bits per heavy atom. The second-order valence-corrected chi connectivity index (χ2v) is 16.5. The van der Waals surface area contributed by atoms with Crippen LogP contribution in [0.2, 0.25) is 0 Å². The predicted octanol–water partition coefficient (Wildman–Crippen LogP) is 5.90. The van der Waals surface area contributed by atoms with E-state index in [1.807, 2.05) is 38.7 Å². The van der Waals surface area contributed by atoms with Gasteiger partial charge in [0.2, 0.25) is 11.8 Å². The molecule has 7 rings (SSSR count). The number of ether oxygens (including phenoxy) is 2.